The molecule has 4 nitrogen and oxygen atoms in total. The third-order valence-corrected chi connectivity index (χ3v) is 2.25. The van der Waals surface area contributed by atoms with Gasteiger partial charge in [0.25, 0.3) is 0 Å². The second kappa shape index (κ2) is 4.73. The number of aromatic nitrogens is 1. The molecule has 0 aliphatic heterocycles. The smallest absolute Gasteiger partial charge is 0.242 e. The van der Waals surface area contributed by atoms with E-state index in [9.17, 15) is 0 Å². The van der Waals surface area contributed by atoms with E-state index in [0.717, 1.165) is 0 Å². The van der Waals surface area contributed by atoms with Gasteiger partial charge in [-0.3, -0.25) is 0 Å². The number of benzene rings is 1. The van der Waals surface area contributed by atoms with Crippen LogP contribution in [0.3, 0.4) is 0 Å². The van der Waals surface area contributed by atoms with Crippen molar-refractivity contribution in [3.63, 3.8) is 0 Å². The minimum absolute atomic E-state index is 0.256. The Balaban J connectivity index is 2.28. The standard InChI is InChI=1S/C12H8ClN3O/c13-9-2-1-3-10(5-9)17-12-11(15)4-8(6-14)7-16-12/h1-5,7H,15H2. The summed E-state index contributed by atoms with van der Waals surface area (Å²) in [6.45, 7) is 0. The molecule has 0 bridgehead atoms. The van der Waals surface area contributed by atoms with Crippen LogP contribution in [0.25, 0.3) is 0 Å². The maximum absolute atomic E-state index is 8.68. The first kappa shape index (κ1) is 11.2. The number of pyridine rings is 1. The van der Waals surface area contributed by atoms with Crippen LogP contribution in [0, 0.1) is 11.3 Å². The molecule has 5 heteroatoms. The van der Waals surface area contributed by atoms with Crippen molar-refractivity contribution in [1.29, 1.82) is 5.26 Å². The molecular formula is C12H8ClN3O. The highest BCUT2D eigenvalue weighted by Crippen LogP contribution is 2.26. The molecule has 0 fully saturated rings. The van der Waals surface area contributed by atoms with E-state index in [1.807, 2.05) is 6.07 Å². The van der Waals surface area contributed by atoms with Crippen LogP contribution in [0.2, 0.25) is 5.02 Å². The van der Waals surface area contributed by atoms with Crippen molar-refractivity contribution in [3.05, 3.63) is 47.1 Å². The fourth-order valence-electron chi connectivity index (χ4n) is 1.26. The molecule has 17 heavy (non-hydrogen) atoms. The van der Waals surface area contributed by atoms with Crippen molar-refractivity contribution in [3.8, 4) is 17.7 Å². The molecule has 84 valence electrons. The molecule has 2 rings (SSSR count). The summed E-state index contributed by atoms with van der Waals surface area (Å²) in [5, 5.41) is 9.24. The van der Waals surface area contributed by atoms with Crippen molar-refractivity contribution in [2.24, 2.45) is 0 Å². The summed E-state index contributed by atoms with van der Waals surface area (Å²) in [6.07, 6.45) is 1.40. The van der Waals surface area contributed by atoms with Crippen LogP contribution in [0.5, 0.6) is 11.6 Å². The average molecular weight is 246 g/mol. The molecule has 0 saturated heterocycles. The van der Waals surface area contributed by atoms with Crippen LogP contribution in [-0.4, -0.2) is 4.98 Å². The Morgan fingerprint density at radius 3 is 2.82 bits per heavy atom. The minimum Gasteiger partial charge on any atom is -0.437 e. The summed E-state index contributed by atoms with van der Waals surface area (Å²) >= 11 is 5.82. The Morgan fingerprint density at radius 1 is 1.35 bits per heavy atom. The predicted octanol–water partition coefficient (Wildman–Crippen LogP) is 2.98. The second-order valence-electron chi connectivity index (χ2n) is 3.29. The number of ether oxygens (including phenoxy) is 1. The Hall–Kier alpha value is -2.25. The maximum Gasteiger partial charge on any atom is 0.242 e. The molecule has 0 atom stereocenters. The van der Waals surface area contributed by atoms with Crippen LogP contribution in [0.15, 0.2) is 36.5 Å². The third-order valence-electron chi connectivity index (χ3n) is 2.02. The lowest BCUT2D eigenvalue weighted by molar-refractivity contribution is 0.465. The number of nitrogens with zero attached hydrogens (tertiary/aromatic N) is 2. The van der Waals surface area contributed by atoms with E-state index in [2.05, 4.69) is 4.98 Å². The van der Waals surface area contributed by atoms with Crippen molar-refractivity contribution in [2.75, 3.05) is 5.73 Å². The van der Waals surface area contributed by atoms with Crippen molar-refractivity contribution in [2.45, 2.75) is 0 Å². The first-order valence-corrected chi connectivity index (χ1v) is 5.16. The molecule has 0 spiro atoms. The molecular weight excluding hydrogens is 238 g/mol. The number of nitriles is 1. The minimum atomic E-state index is 0.256. The zero-order valence-corrected chi connectivity index (χ0v) is 9.48. The number of halogens is 1. The zero-order chi connectivity index (χ0) is 12.3. The van der Waals surface area contributed by atoms with Gasteiger partial charge in [0, 0.05) is 11.2 Å². The first-order chi connectivity index (χ1) is 8.19. The van der Waals surface area contributed by atoms with E-state index in [1.54, 1.807) is 24.3 Å². The fraction of sp³-hybridized carbons (Fsp3) is 0. The highest BCUT2D eigenvalue weighted by atomic mass is 35.5. The van der Waals surface area contributed by atoms with Crippen molar-refractivity contribution in [1.82, 2.24) is 4.98 Å². The molecule has 1 aromatic carbocycles. The number of hydrogen-bond donors (Lipinski definition) is 1. The largest absolute Gasteiger partial charge is 0.437 e. The quantitative estimate of drug-likeness (QED) is 0.883. The molecule has 0 unspecified atom stereocenters. The summed E-state index contributed by atoms with van der Waals surface area (Å²) in [6, 6.07) is 10.4. The summed E-state index contributed by atoms with van der Waals surface area (Å²) in [4.78, 5) is 3.96. The molecule has 0 amide bonds. The first-order valence-electron chi connectivity index (χ1n) is 4.78. The van der Waals surface area contributed by atoms with E-state index in [0.29, 0.717) is 22.0 Å². The number of nitrogens with two attached hydrogens (primary N) is 1. The number of nitrogen functional groups attached to an aromatic ring is 1. The SMILES string of the molecule is N#Cc1cnc(Oc2cccc(Cl)c2)c(N)c1. The van der Waals surface area contributed by atoms with Gasteiger partial charge in [0.2, 0.25) is 5.88 Å². The second-order valence-corrected chi connectivity index (χ2v) is 3.73. The van der Waals surface area contributed by atoms with Gasteiger partial charge >= 0.3 is 0 Å². The highest BCUT2D eigenvalue weighted by molar-refractivity contribution is 6.30. The summed E-state index contributed by atoms with van der Waals surface area (Å²) in [5.41, 5.74) is 6.41. The van der Waals surface area contributed by atoms with E-state index >= 15 is 0 Å². The van der Waals surface area contributed by atoms with E-state index in [4.69, 9.17) is 27.3 Å². The van der Waals surface area contributed by atoms with Crippen LogP contribution in [0.1, 0.15) is 5.56 Å². The van der Waals surface area contributed by atoms with Gasteiger partial charge in [-0.15, -0.1) is 0 Å². The Kier molecular flexibility index (Phi) is 3.12. The summed E-state index contributed by atoms with van der Waals surface area (Å²) < 4.78 is 5.46. The molecule has 1 heterocycles. The lowest BCUT2D eigenvalue weighted by Gasteiger charge is -2.07. The molecule has 2 aromatic rings. The van der Waals surface area contributed by atoms with Gasteiger partial charge in [0.15, 0.2) is 0 Å². The normalized spacial score (nSPS) is 9.65. The van der Waals surface area contributed by atoms with Crippen LogP contribution in [0.4, 0.5) is 5.69 Å². The number of anilines is 1. The van der Waals surface area contributed by atoms with E-state index < -0.39 is 0 Å². The Labute approximate surface area is 103 Å². The number of hydrogen-bond acceptors (Lipinski definition) is 4. The Morgan fingerprint density at radius 2 is 2.18 bits per heavy atom. The lowest BCUT2D eigenvalue weighted by atomic mass is 10.3. The molecule has 0 radical (unpaired) electrons. The van der Waals surface area contributed by atoms with Crippen molar-refractivity contribution >= 4 is 17.3 Å². The fourth-order valence-corrected chi connectivity index (χ4v) is 1.44. The van der Waals surface area contributed by atoms with Gasteiger partial charge < -0.3 is 10.5 Å². The monoisotopic (exact) mass is 245 g/mol. The van der Waals surface area contributed by atoms with Crippen LogP contribution in [-0.2, 0) is 0 Å². The van der Waals surface area contributed by atoms with Gasteiger partial charge in [-0.2, -0.15) is 5.26 Å². The zero-order valence-electron chi connectivity index (χ0n) is 8.72. The maximum atomic E-state index is 8.68. The topological polar surface area (TPSA) is 71.9 Å². The molecule has 1 aromatic heterocycles. The molecule has 0 aliphatic rings. The summed E-state index contributed by atoms with van der Waals surface area (Å²) in [7, 11) is 0. The van der Waals surface area contributed by atoms with Gasteiger partial charge in [-0.05, 0) is 24.3 Å². The predicted molar refractivity (Wildman–Crippen MR) is 64.9 cm³/mol. The van der Waals surface area contributed by atoms with Crippen LogP contribution < -0.4 is 10.5 Å². The van der Waals surface area contributed by atoms with Gasteiger partial charge in [0.05, 0.1) is 11.3 Å². The molecule has 0 aliphatic carbocycles. The average Bonchev–Trinajstić information content (AvgIpc) is 2.32. The third kappa shape index (κ3) is 2.65. The Bertz CT molecular complexity index is 593. The van der Waals surface area contributed by atoms with E-state index in [1.165, 1.54) is 12.3 Å². The molecule has 2 N–H and O–H groups in total. The van der Waals surface area contributed by atoms with Gasteiger partial charge in [0.1, 0.15) is 11.8 Å². The molecule has 0 saturated carbocycles. The van der Waals surface area contributed by atoms with Crippen LogP contribution >= 0.6 is 11.6 Å². The highest BCUT2D eigenvalue weighted by Gasteiger charge is 2.05. The summed E-state index contributed by atoms with van der Waals surface area (Å²) in [5.74, 6) is 0.799. The number of rotatable bonds is 2. The van der Waals surface area contributed by atoms with Gasteiger partial charge in [-0.25, -0.2) is 4.98 Å². The van der Waals surface area contributed by atoms with E-state index in [-0.39, 0.29) is 5.88 Å². The lowest BCUT2D eigenvalue weighted by Crippen LogP contribution is -1.95. The van der Waals surface area contributed by atoms with Gasteiger partial charge in [-0.1, -0.05) is 17.7 Å². The van der Waals surface area contributed by atoms with Crippen molar-refractivity contribution < 1.29 is 4.74 Å².